The van der Waals surface area contributed by atoms with E-state index in [9.17, 15) is 4.79 Å². The monoisotopic (exact) mass is 448 g/mol. The molecule has 0 unspecified atom stereocenters. The normalized spacial score (nSPS) is 14.7. The number of para-hydroxylation sites is 1. The minimum Gasteiger partial charge on any atom is -0.329 e. The first-order valence-corrected chi connectivity index (χ1v) is 12.0. The van der Waals surface area contributed by atoms with Crippen LogP contribution < -0.4 is 4.90 Å². The summed E-state index contributed by atoms with van der Waals surface area (Å²) in [7, 11) is 0. The van der Waals surface area contributed by atoms with E-state index in [0.717, 1.165) is 60.4 Å². The number of benzene rings is 3. The molecular weight excluding hydrogens is 418 g/mol. The Kier molecular flexibility index (Phi) is 6.50. The van der Waals surface area contributed by atoms with Crippen molar-refractivity contribution in [2.45, 2.75) is 6.92 Å². The van der Waals surface area contributed by atoms with E-state index in [0.29, 0.717) is 0 Å². The molecule has 170 valence electrons. The second-order valence-electron chi connectivity index (χ2n) is 9.00. The SMILES string of the molecule is Cc1cccc(-c2cc(C(=O)N3CC[NH+](C/C=C/c4ccccc4)CC3)c3ccccc3n2)c1. The average molecular weight is 449 g/mol. The second kappa shape index (κ2) is 10.0. The third-order valence-corrected chi connectivity index (χ3v) is 6.53. The summed E-state index contributed by atoms with van der Waals surface area (Å²) in [6.45, 7) is 6.50. The summed E-state index contributed by atoms with van der Waals surface area (Å²) in [5.41, 5.74) is 5.90. The van der Waals surface area contributed by atoms with Crippen LogP contribution in [0.2, 0.25) is 0 Å². The number of carbonyl (C=O) groups excluding carboxylic acids is 1. The summed E-state index contributed by atoms with van der Waals surface area (Å²) < 4.78 is 0. The Bertz CT molecular complexity index is 1320. The predicted molar refractivity (Wildman–Crippen MR) is 139 cm³/mol. The Labute approximate surface area is 201 Å². The van der Waals surface area contributed by atoms with Crippen LogP contribution in [0, 0.1) is 6.92 Å². The molecule has 0 radical (unpaired) electrons. The number of aryl methyl sites for hydroxylation is 1. The quantitative estimate of drug-likeness (QED) is 0.495. The van der Waals surface area contributed by atoms with Crippen LogP contribution >= 0.6 is 0 Å². The number of hydrogen-bond donors (Lipinski definition) is 1. The van der Waals surface area contributed by atoms with Crippen LogP contribution in [-0.2, 0) is 0 Å². The highest BCUT2D eigenvalue weighted by Gasteiger charge is 2.25. The highest BCUT2D eigenvalue weighted by Crippen LogP contribution is 2.26. The summed E-state index contributed by atoms with van der Waals surface area (Å²) in [4.78, 5) is 22.0. The van der Waals surface area contributed by atoms with Crippen molar-refractivity contribution < 1.29 is 9.69 Å². The van der Waals surface area contributed by atoms with Crippen LogP contribution in [-0.4, -0.2) is 48.5 Å². The molecule has 1 amide bonds. The number of nitrogens with one attached hydrogen (secondary N) is 1. The standard InChI is InChI=1S/C30H29N3O/c1-23-9-7-13-25(21-23)29-22-27(26-14-5-6-15-28(26)31-29)30(34)33-19-17-32(18-20-33)16-8-12-24-10-3-2-4-11-24/h2-15,21-22H,16-20H2,1H3/p+1/b12-8+. The number of fused-ring (bicyclic) bond motifs is 1. The van der Waals surface area contributed by atoms with Gasteiger partial charge < -0.3 is 9.80 Å². The summed E-state index contributed by atoms with van der Waals surface area (Å²) in [6.07, 6.45) is 4.42. The molecule has 4 nitrogen and oxygen atoms in total. The van der Waals surface area contributed by atoms with Gasteiger partial charge in [-0.25, -0.2) is 4.98 Å². The maximum atomic E-state index is 13.6. The van der Waals surface area contributed by atoms with Crippen LogP contribution in [0.1, 0.15) is 21.5 Å². The highest BCUT2D eigenvalue weighted by atomic mass is 16.2. The van der Waals surface area contributed by atoms with E-state index in [1.165, 1.54) is 16.0 Å². The number of quaternary nitrogens is 1. The van der Waals surface area contributed by atoms with Crippen molar-refractivity contribution in [1.29, 1.82) is 0 Å². The lowest BCUT2D eigenvalue weighted by Crippen LogP contribution is -3.14. The summed E-state index contributed by atoms with van der Waals surface area (Å²) in [5.74, 6) is 0.103. The summed E-state index contributed by atoms with van der Waals surface area (Å²) in [6, 6.07) is 28.6. The van der Waals surface area contributed by atoms with Crippen molar-refractivity contribution in [3.05, 3.63) is 108 Å². The van der Waals surface area contributed by atoms with E-state index >= 15 is 0 Å². The topological polar surface area (TPSA) is 37.6 Å². The Morgan fingerprint density at radius 2 is 1.71 bits per heavy atom. The maximum Gasteiger partial charge on any atom is 0.255 e. The lowest BCUT2D eigenvalue weighted by molar-refractivity contribution is -0.898. The molecule has 34 heavy (non-hydrogen) atoms. The fourth-order valence-corrected chi connectivity index (χ4v) is 4.63. The van der Waals surface area contributed by atoms with Gasteiger partial charge in [0.1, 0.15) is 0 Å². The van der Waals surface area contributed by atoms with Gasteiger partial charge in [0.2, 0.25) is 0 Å². The number of amides is 1. The molecule has 0 aliphatic carbocycles. The highest BCUT2D eigenvalue weighted by molar-refractivity contribution is 6.07. The van der Waals surface area contributed by atoms with Crippen LogP contribution in [0.25, 0.3) is 28.2 Å². The summed E-state index contributed by atoms with van der Waals surface area (Å²) in [5, 5.41) is 0.921. The zero-order valence-corrected chi connectivity index (χ0v) is 19.6. The Hall–Kier alpha value is -3.76. The number of pyridine rings is 1. The Balaban J connectivity index is 1.32. The van der Waals surface area contributed by atoms with E-state index < -0.39 is 0 Å². The van der Waals surface area contributed by atoms with Gasteiger partial charge in [-0.2, -0.15) is 0 Å². The fourth-order valence-electron chi connectivity index (χ4n) is 4.63. The first-order chi connectivity index (χ1) is 16.7. The molecule has 0 saturated carbocycles. The molecule has 5 rings (SSSR count). The fraction of sp³-hybridized carbons (Fsp3) is 0.200. The van der Waals surface area contributed by atoms with E-state index in [2.05, 4.69) is 61.5 Å². The molecule has 1 fully saturated rings. The smallest absolute Gasteiger partial charge is 0.255 e. The molecule has 1 aliphatic heterocycles. The number of rotatable bonds is 5. The van der Waals surface area contributed by atoms with Crippen molar-refractivity contribution in [1.82, 2.24) is 9.88 Å². The molecule has 0 atom stereocenters. The van der Waals surface area contributed by atoms with Gasteiger partial charge in [0.15, 0.2) is 0 Å². The van der Waals surface area contributed by atoms with Crippen molar-refractivity contribution in [3.63, 3.8) is 0 Å². The van der Waals surface area contributed by atoms with Crippen molar-refractivity contribution in [2.75, 3.05) is 32.7 Å². The van der Waals surface area contributed by atoms with Crippen LogP contribution in [0.15, 0.2) is 91.0 Å². The van der Waals surface area contributed by atoms with Crippen molar-refractivity contribution in [3.8, 4) is 11.3 Å². The van der Waals surface area contributed by atoms with E-state index in [1.807, 2.05) is 47.4 Å². The molecule has 4 aromatic rings. The van der Waals surface area contributed by atoms with Gasteiger partial charge in [-0.15, -0.1) is 0 Å². The van der Waals surface area contributed by atoms with E-state index in [4.69, 9.17) is 4.98 Å². The van der Waals surface area contributed by atoms with Gasteiger partial charge in [-0.3, -0.25) is 4.79 Å². The minimum absolute atomic E-state index is 0.103. The second-order valence-corrected chi connectivity index (χ2v) is 9.00. The van der Waals surface area contributed by atoms with Gasteiger partial charge in [-0.05, 0) is 36.8 Å². The third-order valence-electron chi connectivity index (χ3n) is 6.53. The van der Waals surface area contributed by atoms with Crippen LogP contribution in [0.4, 0.5) is 0 Å². The van der Waals surface area contributed by atoms with Crippen molar-refractivity contribution in [2.24, 2.45) is 0 Å². The first kappa shape index (κ1) is 22.1. The molecule has 3 aromatic carbocycles. The number of nitrogens with zero attached hydrogens (tertiary/aromatic N) is 2. The van der Waals surface area contributed by atoms with Gasteiger partial charge in [0.25, 0.3) is 5.91 Å². The Morgan fingerprint density at radius 1 is 0.941 bits per heavy atom. The van der Waals surface area contributed by atoms with Crippen LogP contribution in [0.3, 0.4) is 0 Å². The number of aromatic nitrogens is 1. The molecule has 0 spiro atoms. The minimum atomic E-state index is 0.103. The molecule has 1 N–H and O–H groups in total. The zero-order chi connectivity index (χ0) is 23.3. The molecule has 2 heterocycles. The van der Waals surface area contributed by atoms with Crippen molar-refractivity contribution >= 4 is 22.9 Å². The van der Waals surface area contributed by atoms with E-state index in [1.54, 1.807) is 0 Å². The lowest BCUT2D eigenvalue weighted by atomic mass is 10.0. The summed E-state index contributed by atoms with van der Waals surface area (Å²) >= 11 is 0. The largest absolute Gasteiger partial charge is 0.329 e. The van der Waals surface area contributed by atoms with Gasteiger partial charge in [0.05, 0.1) is 49.5 Å². The first-order valence-electron chi connectivity index (χ1n) is 12.0. The van der Waals surface area contributed by atoms with Gasteiger partial charge in [0, 0.05) is 10.9 Å². The molecule has 0 bridgehead atoms. The number of hydrogen-bond acceptors (Lipinski definition) is 2. The van der Waals surface area contributed by atoms with Gasteiger partial charge in [-0.1, -0.05) is 78.4 Å². The number of carbonyl (C=O) groups is 1. The van der Waals surface area contributed by atoms with Crippen LogP contribution in [0.5, 0.6) is 0 Å². The third kappa shape index (κ3) is 4.92. The van der Waals surface area contributed by atoms with E-state index in [-0.39, 0.29) is 5.91 Å². The molecule has 1 saturated heterocycles. The molecular formula is C30H30N3O+. The molecule has 4 heteroatoms. The lowest BCUT2D eigenvalue weighted by Gasteiger charge is -2.32. The molecule has 1 aromatic heterocycles. The number of piperazine rings is 1. The average Bonchev–Trinajstić information content (AvgIpc) is 2.89. The predicted octanol–water partition coefficient (Wildman–Crippen LogP) is 4.26. The van der Waals surface area contributed by atoms with Gasteiger partial charge >= 0.3 is 0 Å². The molecule has 1 aliphatic rings. The zero-order valence-electron chi connectivity index (χ0n) is 19.6. The maximum absolute atomic E-state index is 13.6. The Morgan fingerprint density at radius 3 is 2.50 bits per heavy atom.